The van der Waals surface area contributed by atoms with Crippen LogP contribution in [0.15, 0.2) is 30.6 Å². The van der Waals surface area contributed by atoms with Gasteiger partial charge >= 0.3 is 0 Å². The van der Waals surface area contributed by atoms with Gasteiger partial charge in [-0.1, -0.05) is 0 Å². The molecule has 2 atom stereocenters. The van der Waals surface area contributed by atoms with Crippen LogP contribution in [0.25, 0.3) is 22.3 Å². The Kier molecular flexibility index (Phi) is 5.43. The summed E-state index contributed by atoms with van der Waals surface area (Å²) in [5.41, 5.74) is 2.43. The molecule has 1 N–H and O–H groups in total. The summed E-state index contributed by atoms with van der Waals surface area (Å²) >= 11 is 0. The average molecular weight is 414 g/mol. The highest BCUT2D eigenvalue weighted by molar-refractivity contribution is 5.85. The molecule has 1 saturated heterocycles. The second-order valence-electron chi connectivity index (χ2n) is 7.18. The number of pyridine rings is 1. The number of rotatable bonds is 7. The number of nitrogens with one attached hydrogen (secondary N) is 1. The first-order valence-electron chi connectivity index (χ1n) is 9.61. The van der Waals surface area contributed by atoms with Crippen LogP contribution in [0.1, 0.15) is 13.3 Å². The lowest BCUT2D eigenvalue weighted by Crippen LogP contribution is -2.26. The van der Waals surface area contributed by atoms with Crippen LogP contribution in [0.4, 0.5) is 4.39 Å². The summed E-state index contributed by atoms with van der Waals surface area (Å²) in [6, 6.07) is 7.24. The fourth-order valence-electron chi connectivity index (χ4n) is 3.61. The first-order valence-corrected chi connectivity index (χ1v) is 9.61. The van der Waals surface area contributed by atoms with E-state index in [2.05, 4.69) is 15.3 Å². The number of imidazole rings is 1. The molecule has 1 unspecified atom stereocenters. The van der Waals surface area contributed by atoms with Crippen LogP contribution < -0.4 is 19.5 Å². The van der Waals surface area contributed by atoms with Gasteiger partial charge in [-0.3, -0.25) is 9.36 Å². The zero-order valence-electron chi connectivity index (χ0n) is 17.0. The number of hydrogen-bond acceptors (Lipinski definition) is 6. The molecule has 3 aromatic rings. The maximum absolute atomic E-state index is 13.5. The van der Waals surface area contributed by atoms with Gasteiger partial charge in [-0.15, -0.1) is 0 Å². The topological polar surface area (TPSA) is 87.5 Å². The smallest absolute Gasteiger partial charge is 0.241 e. The SMILES string of the molecule is COc1ccc(-c2cc3ncn(CF)c3c(OC(C)[C@H]3CNC(=O)C3)n2)cc1OC. The van der Waals surface area contributed by atoms with Crippen molar-refractivity contribution in [3.63, 3.8) is 0 Å². The predicted octanol–water partition coefficient (Wildman–Crippen LogP) is 2.95. The lowest BCUT2D eigenvalue weighted by molar-refractivity contribution is -0.119. The van der Waals surface area contributed by atoms with Gasteiger partial charge in [0, 0.05) is 24.4 Å². The number of halogens is 1. The number of amides is 1. The van der Waals surface area contributed by atoms with E-state index in [9.17, 15) is 9.18 Å². The van der Waals surface area contributed by atoms with Crippen LogP contribution in [0.3, 0.4) is 0 Å². The predicted molar refractivity (Wildman–Crippen MR) is 108 cm³/mol. The molecule has 3 heterocycles. The number of carbonyl (C=O) groups excluding carboxylic acids is 1. The minimum absolute atomic E-state index is 0.00133. The Labute approximate surface area is 173 Å². The third kappa shape index (κ3) is 3.62. The van der Waals surface area contributed by atoms with Crippen molar-refractivity contribution in [3.8, 4) is 28.6 Å². The van der Waals surface area contributed by atoms with Crippen LogP contribution in [0.5, 0.6) is 17.4 Å². The number of ether oxygens (including phenoxy) is 3. The number of aromatic nitrogens is 3. The monoisotopic (exact) mass is 414 g/mol. The first kappa shape index (κ1) is 19.9. The maximum Gasteiger partial charge on any atom is 0.241 e. The Bertz CT molecular complexity index is 1080. The molecule has 0 radical (unpaired) electrons. The summed E-state index contributed by atoms with van der Waals surface area (Å²) in [6.07, 6.45) is 1.52. The highest BCUT2D eigenvalue weighted by Crippen LogP contribution is 2.35. The van der Waals surface area contributed by atoms with Crippen molar-refractivity contribution in [2.24, 2.45) is 5.92 Å². The van der Waals surface area contributed by atoms with E-state index < -0.39 is 6.80 Å². The second kappa shape index (κ2) is 8.17. The number of alkyl halides is 1. The molecule has 8 nitrogen and oxygen atoms in total. The molecule has 0 saturated carbocycles. The number of hydrogen-bond donors (Lipinski definition) is 1. The second-order valence-corrected chi connectivity index (χ2v) is 7.18. The van der Waals surface area contributed by atoms with Crippen molar-refractivity contribution in [1.82, 2.24) is 19.9 Å². The van der Waals surface area contributed by atoms with Gasteiger partial charge in [-0.25, -0.2) is 14.4 Å². The summed E-state index contributed by atoms with van der Waals surface area (Å²) < 4.78 is 31.7. The summed E-state index contributed by atoms with van der Waals surface area (Å²) in [5.74, 6) is 1.46. The van der Waals surface area contributed by atoms with Crippen molar-refractivity contribution < 1.29 is 23.4 Å². The Balaban J connectivity index is 1.76. The van der Waals surface area contributed by atoms with Crippen molar-refractivity contribution in [1.29, 1.82) is 0 Å². The molecule has 2 aromatic heterocycles. The van der Waals surface area contributed by atoms with Gasteiger partial charge in [0.1, 0.15) is 11.6 Å². The molecule has 9 heteroatoms. The molecule has 0 aliphatic carbocycles. The van der Waals surface area contributed by atoms with Crippen LogP contribution in [0, 0.1) is 5.92 Å². The number of nitrogens with zero attached hydrogens (tertiary/aromatic N) is 3. The normalized spacial score (nSPS) is 17.1. The van der Waals surface area contributed by atoms with Crippen LogP contribution in [0.2, 0.25) is 0 Å². The lowest BCUT2D eigenvalue weighted by atomic mass is 10.0. The molecule has 1 aliphatic heterocycles. The molecule has 30 heavy (non-hydrogen) atoms. The molecule has 158 valence electrons. The van der Waals surface area contributed by atoms with Crippen LogP contribution in [-0.4, -0.2) is 47.3 Å². The lowest BCUT2D eigenvalue weighted by Gasteiger charge is -2.20. The van der Waals surface area contributed by atoms with Gasteiger partial charge in [0.2, 0.25) is 11.8 Å². The fourth-order valence-corrected chi connectivity index (χ4v) is 3.61. The molecular weight excluding hydrogens is 391 g/mol. The zero-order valence-corrected chi connectivity index (χ0v) is 17.0. The van der Waals surface area contributed by atoms with E-state index in [4.69, 9.17) is 14.2 Å². The van der Waals surface area contributed by atoms with Crippen molar-refractivity contribution in [3.05, 3.63) is 30.6 Å². The molecule has 1 aliphatic rings. The first-order chi connectivity index (χ1) is 14.5. The zero-order chi connectivity index (χ0) is 21.3. The Morgan fingerprint density at radius 2 is 2.07 bits per heavy atom. The Morgan fingerprint density at radius 1 is 1.27 bits per heavy atom. The van der Waals surface area contributed by atoms with E-state index in [1.165, 1.54) is 10.9 Å². The Hall–Kier alpha value is -3.36. The quantitative estimate of drug-likeness (QED) is 0.640. The number of fused-ring (bicyclic) bond motifs is 1. The van der Waals surface area contributed by atoms with Crippen molar-refractivity contribution >= 4 is 16.9 Å². The van der Waals surface area contributed by atoms with E-state index in [1.807, 2.05) is 19.1 Å². The van der Waals surface area contributed by atoms with Gasteiger partial charge in [0.25, 0.3) is 0 Å². The molecule has 1 amide bonds. The van der Waals surface area contributed by atoms with Gasteiger partial charge in [-0.05, 0) is 31.2 Å². The Morgan fingerprint density at radius 3 is 2.73 bits per heavy atom. The van der Waals surface area contributed by atoms with Crippen molar-refractivity contribution in [2.75, 3.05) is 20.8 Å². The van der Waals surface area contributed by atoms with E-state index in [0.29, 0.717) is 41.2 Å². The molecule has 0 spiro atoms. The molecule has 4 rings (SSSR count). The van der Waals surface area contributed by atoms with Crippen LogP contribution >= 0.6 is 0 Å². The van der Waals surface area contributed by atoms with Gasteiger partial charge < -0.3 is 19.5 Å². The summed E-state index contributed by atoms with van der Waals surface area (Å²) in [6.45, 7) is 1.68. The maximum atomic E-state index is 13.5. The minimum atomic E-state index is -0.748. The fraction of sp³-hybridized carbons (Fsp3) is 0.381. The number of carbonyl (C=O) groups is 1. The van der Waals surface area contributed by atoms with Crippen LogP contribution in [-0.2, 0) is 11.6 Å². The van der Waals surface area contributed by atoms with E-state index in [0.717, 1.165) is 5.56 Å². The van der Waals surface area contributed by atoms with Crippen molar-refractivity contribution in [2.45, 2.75) is 26.2 Å². The van der Waals surface area contributed by atoms with E-state index in [1.54, 1.807) is 26.4 Å². The standard InChI is InChI=1S/C21H23FN4O4/c1-12(14-7-19(27)23-9-14)30-21-20-16(24-11-26(20)10-22)8-15(25-21)13-4-5-17(28-2)18(6-13)29-3/h4-6,8,11-12,14H,7,9-10H2,1-3H3,(H,23,27)/t12?,14-/m1/s1. The highest BCUT2D eigenvalue weighted by atomic mass is 19.1. The third-order valence-electron chi connectivity index (χ3n) is 5.34. The van der Waals surface area contributed by atoms with Gasteiger partial charge in [0.05, 0.1) is 31.8 Å². The highest BCUT2D eigenvalue weighted by Gasteiger charge is 2.29. The van der Waals surface area contributed by atoms with E-state index >= 15 is 0 Å². The number of benzene rings is 1. The number of methoxy groups -OCH3 is 2. The summed E-state index contributed by atoms with van der Waals surface area (Å²) in [5, 5.41) is 2.81. The summed E-state index contributed by atoms with van der Waals surface area (Å²) in [7, 11) is 3.13. The molecule has 1 fully saturated rings. The molecule has 0 bridgehead atoms. The van der Waals surface area contributed by atoms with Gasteiger partial charge in [0.15, 0.2) is 18.3 Å². The minimum Gasteiger partial charge on any atom is -0.493 e. The molecular formula is C21H23FN4O4. The average Bonchev–Trinajstić information content (AvgIpc) is 3.39. The van der Waals surface area contributed by atoms with Gasteiger partial charge in [-0.2, -0.15) is 0 Å². The largest absolute Gasteiger partial charge is 0.493 e. The van der Waals surface area contributed by atoms with E-state index in [-0.39, 0.29) is 23.8 Å². The molecule has 1 aromatic carbocycles. The third-order valence-corrected chi connectivity index (χ3v) is 5.34. The summed E-state index contributed by atoms with van der Waals surface area (Å²) in [4.78, 5) is 20.5.